The predicted octanol–water partition coefficient (Wildman–Crippen LogP) is 3.75. The highest BCUT2D eigenvalue weighted by atomic mass is 19.1. The zero-order valence-corrected chi connectivity index (χ0v) is 19.0. The second-order valence-electron chi connectivity index (χ2n) is 8.81. The van der Waals surface area contributed by atoms with Gasteiger partial charge in [-0.25, -0.2) is 19.2 Å². The number of aromatic hydroxyl groups is 1. The van der Waals surface area contributed by atoms with Crippen LogP contribution in [0.2, 0.25) is 0 Å². The number of carbonyl (C=O) groups excluding carboxylic acids is 1. The number of halogens is 1. The Labute approximate surface area is 196 Å². The summed E-state index contributed by atoms with van der Waals surface area (Å²) in [5.74, 6) is 0.258. The Morgan fingerprint density at radius 1 is 1.21 bits per heavy atom. The lowest BCUT2D eigenvalue weighted by Crippen LogP contribution is -2.49. The van der Waals surface area contributed by atoms with Crippen molar-refractivity contribution in [2.24, 2.45) is 5.92 Å². The molecule has 9 heteroatoms. The van der Waals surface area contributed by atoms with E-state index >= 15 is 0 Å². The molecule has 2 aliphatic heterocycles. The second kappa shape index (κ2) is 9.42. The van der Waals surface area contributed by atoms with Gasteiger partial charge in [-0.3, -0.25) is 0 Å². The van der Waals surface area contributed by atoms with Gasteiger partial charge in [-0.15, -0.1) is 0 Å². The number of phenolic OH excluding ortho intramolecular Hbond substituents is 1. The summed E-state index contributed by atoms with van der Waals surface area (Å²) in [6, 6.07) is 10.00. The number of fused-ring (bicyclic) bond motifs is 1. The van der Waals surface area contributed by atoms with Gasteiger partial charge in [-0.2, -0.15) is 0 Å². The van der Waals surface area contributed by atoms with Crippen molar-refractivity contribution in [3.63, 3.8) is 0 Å². The van der Waals surface area contributed by atoms with Crippen LogP contribution in [0.5, 0.6) is 5.75 Å². The van der Waals surface area contributed by atoms with E-state index in [2.05, 4.69) is 14.9 Å². The van der Waals surface area contributed by atoms with Gasteiger partial charge in [0.05, 0.1) is 24.3 Å². The fourth-order valence-electron chi connectivity index (χ4n) is 4.41. The highest BCUT2D eigenvalue weighted by molar-refractivity contribution is 5.92. The molecule has 0 radical (unpaired) electrons. The lowest BCUT2D eigenvalue weighted by atomic mass is 10.1. The van der Waals surface area contributed by atoms with E-state index in [1.54, 1.807) is 4.90 Å². The summed E-state index contributed by atoms with van der Waals surface area (Å²) in [6.45, 7) is 5.76. The molecule has 2 fully saturated rings. The molecule has 1 aromatic heterocycles. The molecular formula is C25H27FN4O4. The molecule has 1 unspecified atom stereocenters. The Morgan fingerprint density at radius 3 is 2.76 bits per heavy atom. The normalized spacial score (nSPS) is 18.5. The zero-order chi connectivity index (χ0) is 23.7. The van der Waals surface area contributed by atoms with E-state index in [1.807, 2.05) is 25.1 Å². The van der Waals surface area contributed by atoms with E-state index in [4.69, 9.17) is 9.47 Å². The van der Waals surface area contributed by atoms with Gasteiger partial charge < -0.3 is 24.4 Å². The van der Waals surface area contributed by atoms with Crippen LogP contribution in [0.4, 0.5) is 15.0 Å². The topological polar surface area (TPSA) is 88.0 Å². The number of hydrogen-bond acceptors (Lipinski definition) is 7. The van der Waals surface area contributed by atoms with E-state index in [9.17, 15) is 14.3 Å². The first kappa shape index (κ1) is 22.3. The largest absolute Gasteiger partial charge is 0.507 e. The summed E-state index contributed by atoms with van der Waals surface area (Å²) in [4.78, 5) is 25.5. The molecule has 2 aliphatic rings. The maximum absolute atomic E-state index is 14.6. The average Bonchev–Trinajstić information content (AvgIpc) is 3.35. The van der Waals surface area contributed by atoms with Crippen molar-refractivity contribution in [1.82, 2.24) is 14.9 Å². The third-order valence-corrected chi connectivity index (χ3v) is 6.35. The van der Waals surface area contributed by atoms with Gasteiger partial charge in [-0.05, 0) is 43.2 Å². The lowest BCUT2D eigenvalue weighted by molar-refractivity contribution is 0.0815. The van der Waals surface area contributed by atoms with Gasteiger partial charge in [0.15, 0.2) is 5.82 Å². The SMILES string of the molecule is Cc1ccc2c(N3CCN(C(=O)OCC4CCOC4)CC3)nc(-c3c(O)cccc3F)nc2c1. The van der Waals surface area contributed by atoms with Crippen LogP contribution in [0.25, 0.3) is 22.3 Å². The Balaban J connectivity index is 1.38. The van der Waals surface area contributed by atoms with Crippen molar-refractivity contribution >= 4 is 22.8 Å². The number of phenols is 1. The Bertz CT molecular complexity index is 1190. The standard InChI is InChI=1S/C25H27FN4O4/c1-16-5-6-18-20(13-16)27-23(22-19(26)3-2-4-21(22)31)28-24(18)29-8-10-30(11-9-29)25(32)34-15-17-7-12-33-14-17/h2-6,13,17,31H,7-12,14-15H2,1H3. The van der Waals surface area contributed by atoms with E-state index in [-0.39, 0.29) is 29.1 Å². The van der Waals surface area contributed by atoms with Crippen LogP contribution in [0.3, 0.4) is 0 Å². The molecule has 8 nitrogen and oxygen atoms in total. The maximum Gasteiger partial charge on any atom is 0.409 e. The number of aromatic nitrogens is 2. The van der Waals surface area contributed by atoms with Crippen molar-refractivity contribution in [3.05, 3.63) is 47.8 Å². The molecule has 34 heavy (non-hydrogen) atoms. The first-order valence-electron chi connectivity index (χ1n) is 11.5. The van der Waals surface area contributed by atoms with Crippen LogP contribution < -0.4 is 4.90 Å². The van der Waals surface area contributed by atoms with Gasteiger partial charge in [0.2, 0.25) is 0 Å². The molecule has 0 bridgehead atoms. The van der Waals surface area contributed by atoms with Crippen molar-refractivity contribution in [2.75, 3.05) is 50.9 Å². The monoisotopic (exact) mass is 466 g/mol. The van der Waals surface area contributed by atoms with E-state index in [0.29, 0.717) is 50.7 Å². The van der Waals surface area contributed by atoms with Crippen molar-refractivity contribution < 1.29 is 23.8 Å². The number of hydrogen-bond donors (Lipinski definition) is 1. The van der Waals surface area contributed by atoms with Crippen LogP contribution >= 0.6 is 0 Å². The number of amides is 1. The summed E-state index contributed by atoms with van der Waals surface area (Å²) >= 11 is 0. The number of piperazine rings is 1. The second-order valence-corrected chi connectivity index (χ2v) is 8.81. The fraction of sp³-hybridized carbons (Fsp3) is 0.400. The Hall–Kier alpha value is -3.46. The number of nitrogens with zero attached hydrogens (tertiary/aromatic N) is 4. The van der Waals surface area contributed by atoms with Crippen LogP contribution in [-0.2, 0) is 9.47 Å². The quantitative estimate of drug-likeness (QED) is 0.627. The number of anilines is 1. The van der Waals surface area contributed by atoms with Gasteiger partial charge in [0, 0.05) is 44.1 Å². The molecule has 5 rings (SSSR count). The van der Waals surface area contributed by atoms with Crippen LogP contribution in [0, 0.1) is 18.7 Å². The molecule has 1 N–H and O–H groups in total. The molecule has 1 atom stereocenters. The van der Waals surface area contributed by atoms with Crippen molar-refractivity contribution in [1.29, 1.82) is 0 Å². The summed E-state index contributed by atoms with van der Waals surface area (Å²) in [5.41, 5.74) is 1.66. The zero-order valence-electron chi connectivity index (χ0n) is 19.0. The molecule has 0 spiro atoms. The molecule has 3 aromatic rings. The highest BCUT2D eigenvalue weighted by Crippen LogP contribution is 2.34. The minimum absolute atomic E-state index is 0.0229. The van der Waals surface area contributed by atoms with Crippen molar-refractivity contribution in [2.45, 2.75) is 13.3 Å². The number of ether oxygens (including phenoxy) is 2. The lowest BCUT2D eigenvalue weighted by Gasteiger charge is -2.35. The molecule has 1 amide bonds. The van der Waals surface area contributed by atoms with Crippen LogP contribution in [0.15, 0.2) is 36.4 Å². The van der Waals surface area contributed by atoms with E-state index < -0.39 is 5.82 Å². The summed E-state index contributed by atoms with van der Waals surface area (Å²) in [6.07, 6.45) is 0.605. The Morgan fingerprint density at radius 2 is 2.03 bits per heavy atom. The Kier molecular flexibility index (Phi) is 6.19. The average molecular weight is 467 g/mol. The summed E-state index contributed by atoms with van der Waals surface area (Å²) in [7, 11) is 0. The van der Waals surface area contributed by atoms with Crippen LogP contribution in [-0.4, -0.2) is 72.1 Å². The summed E-state index contributed by atoms with van der Waals surface area (Å²) < 4.78 is 25.4. The molecule has 2 saturated heterocycles. The smallest absolute Gasteiger partial charge is 0.409 e. The molecule has 3 heterocycles. The third kappa shape index (κ3) is 4.48. The van der Waals surface area contributed by atoms with Crippen LogP contribution in [0.1, 0.15) is 12.0 Å². The minimum Gasteiger partial charge on any atom is -0.507 e. The molecule has 2 aromatic carbocycles. The predicted molar refractivity (Wildman–Crippen MR) is 125 cm³/mol. The number of carbonyl (C=O) groups is 1. The molecule has 0 saturated carbocycles. The van der Waals surface area contributed by atoms with Gasteiger partial charge in [0.1, 0.15) is 17.4 Å². The number of rotatable bonds is 4. The number of aryl methyl sites for hydroxylation is 1. The van der Waals surface area contributed by atoms with Crippen molar-refractivity contribution in [3.8, 4) is 17.1 Å². The first-order chi connectivity index (χ1) is 16.5. The highest BCUT2D eigenvalue weighted by Gasteiger charge is 2.27. The van der Waals surface area contributed by atoms with E-state index in [1.165, 1.54) is 18.2 Å². The minimum atomic E-state index is -0.585. The summed E-state index contributed by atoms with van der Waals surface area (Å²) in [5, 5.41) is 11.1. The maximum atomic E-state index is 14.6. The molecule has 178 valence electrons. The van der Waals surface area contributed by atoms with E-state index in [0.717, 1.165) is 24.0 Å². The molecule has 0 aliphatic carbocycles. The fourth-order valence-corrected chi connectivity index (χ4v) is 4.41. The first-order valence-corrected chi connectivity index (χ1v) is 11.5. The van der Waals surface area contributed by atoms with Gasteiger partial charge in [0.25, 0.3) is 0 Å². The van der Waals surface area contributed by atoms with Gasteiger partial charge >= 0.3 is 6.09 Å². The molecular weight excluding hydrogens is 439 g/mol. The third-order valence-electron chi connectivity index (χ3n) is 6.35. The van der Waals surface area contributed by atoms with Gasteiger partial charge in [-0.1, -0.05) is 12.1 Å². The number of benzene rings is 2.